The van der Waals surface area contributed by atoms with Crippen molar-refractivity contribution in [3.05, 3.63) is 64.3 Å². The minimum absolute atomic E-state index is 0.174. The summed E-state index contributed by atoms with van der Waals surface area (Å²) in [6.07, 6.45) is 0. The molecule has 2 aromatic rings. The third-order valence-corrected chi connectivity index (χ3v) is 5.02. The van der Waals surface area contributed by atoms with Gasteiger partial charge in [0.2, 0.25) is 5.91 Å². The van der Waals surface area contributed by atoms with E-state index < -0.39 is 11.8 Å². The highest BCUT2D eigenvalue weighted by atomic mass is 35.5. The van der Waals surface area contributed by atoms with Crippen molar-refractivity contribution in [2.45, 2.75) is 13.8 Å². The van der Waals surface area contributed by atoms with Crippen molar-refractivity contribution in [3.8, 4) is 0 Å². The van der Waals surface area contributed by atoms with Crippen LogP contribution in [-0.2, 0) is 14.4 Å². The molecule has 0 atom stereocenters. The van der Waals surface area contributed by atoms with Crippen LogP contribution in [0.15, 0.2) is 48.2 Å². The number of likely N-dealkylation sites (N-methyl/N-ethyl adjacent to an activating group) is 1. The molecule has 0 saturated heterocycles. The number of nitrogens with zero attached hydrogens (tertiary/aromatic N) is 2. The number of hydrogen-bond acceptors (Lipinski definition) is 5. The van der Waals surface area contributed by atoms with Gasteiger partial charge in [0.05, 0.1) is 17.9 Å². The lowest BCUT2D eigenvalue weighted by Gasteiger charge is -2.21. The highest BCUT2D eigenvalue weighted by molar-refractivity contribution is 6.45. The lowest BCUT2D eigenvalue weighted by Crippen LogP contribution is -2.35. The molecular weight excluding hydrogens is 406 g/mol. The number of amides is 3. The number of rotatable bonds is 6. The van der Waals surface area contributed by atoms with Gasteiger partial charge in [-0.2, -0.15) is 0 Å². The van der Waals surface area contributed by atoms with Crippen LogP contribution in [-0.4, -0.2) is 47.9 Å². The van der Waals surface area contributed by atoms with Crippen LogP contribution in [0.5, 0.6) is 0 Å². The summed E-state index contributed by atoms with van der Waals surface area (Å²) in [5, 5.41) is 12.4. The zero-order valence-electron chi connectivity index (χ0n) is 16.9. The number of nitrogens with one attached hydrogen (secondary N) is 1. The molecule has 2 aromatic carbocycles. The molecule has 0 radical (unpaired) electrons. The zero-order valence-corrected chi connectivity index (χ0v) is 17.7. The van der Waals surface area contributed by atoms with E-state index >= 15 is 0 Å². The molecule has 0 aromatic heterocycles. The van der Waals surface area contributed by atoms with Gasteiger partial charge >= 0.3 is 0 Å². The lowest BCUT2D eigenvalue weighted by molar-refractivity contribution is -0.120. The number of halogens is 1. The molecule has 1 heterocycles. The number of hydrogen-bond donors (Lipinski definition) is 2. The summed E-state index contributed by atoms with van der Waals surface area (Å²) in [5.41, 5.74) is 2.68. The van der Waals surface area contributed by atoms with E-state index in [0.717, 1.165) is 10.5 Å². The van der Waals surface area contributed by atoms with E-state index in [0.29, 0.717) is 22.0 Å². The lowest BCUT2D eigenvalue weighted by atomic mass is 10.0. The average Bonchev–Trinajstić information content (AvgIpc) is 2.94. The number of carbonyl (C=O) groups is 3. The Kier molecular flexibility index (Phi) is 6.24. The van der Waals surface area contributed by atoms with Crippen molar-refractivity contribution in [3.63, 3.8) is 0 Å². The number of aliphatic hydroxyl groups excluding tert-OH is 1. The predicted molar refractivity (Wildman–Crippen MR) is 116 cm³/mol. The first kappa shape index (κ1) is 21.5. The van der Waals surface area contributed by atoms with Gasteiger partial charge in [0.1, 0.15) is 5.70 Å². The summed E-state index contributed by atoms with van der Waals surface area (Å²) in [4.78, 5) is 40.7. The van der Waals surface area contributed by atoms with E-state index in [4.69, 9.17) is 11.6 Å². The topological polar surface area (TPSA) is 90.0 Å². The van der Waals surface area contributed by atoms with Crippen molar-refractivity contribution >= 4 is 46.3 Å². The Morgan fingerprint density at radius 2 is 1.80 bits per heavy atom. The molecule has 0 aliphatic carbocycles. The van der Waals surface area contributed by atoms with Crippen molar-refractivity contribution in [2.75, 3.05) is 30.4 Å². The van der Waals surface area contributed by atoms with Gasteiger partial charge in [-0.05, 0) is 42.3 Å². The molecule has 3 rings (SSSR count). The molecular formula is C22H22ClN3O4. The highest BCUT2D eigenvalue weighted by Gasteiger charge is 2.42. The summed E-state index contributed by atoms with van der Waals surface area (Å²) in [6, 6.07) is 11.7. The predicted octanol–water partition coefficient (Wildman–Crippen LogP) is 2.82. The Hall–Kier alpha value is -3.16. The van der Waals surface area contributed by atoms with E-state index in [1.807, 2.05) is 0 Å². The number of aliphatic hydroxyl groups is 1. The van der Waals surface area contributed by atoms with Crippen LogP contribution in [0.4, 0.5) is 11.4 Å². The summed E-state index contributed by atoms with van der Waals surface area (Å²) >= 11 is 6.11. The Morgan fingerprint density at radius 3 is 2.40 bits per heavy atom. The highest BCUT2D eigenvalue weighted by Crippen LogP contribution is 2.36. The number of carbonyl (C=O) groups excluding carboxylic acids is 3. The molecule has 1 aliphatic heterocycles. The van der Waals surface area contributed by atoms with Gasteiger partial charge in [-0.15, -0.1) is 0 Å². The van der Waals surface area contributed by atoms with E-state index in [1.165, 1.54) is 6.92 Å². The minimum Gasteiger partial charge on any atom is -0.395 e. The maximum atomic E-state index is 13.4. The van der Waals surface area contributed by atoms with Crippen molar-refractivity contribution in [2.24, 2.45) is 0 Å². The molecule has 3 amide bonds. The standard InChI is InChI=1S/C22H22ClN3O4/c1-13-4-7-16(23)12-18(13)26-21(29)19(20(22(26)30)25(3)10-11-27)15-5-8-17(9-6-15)24-14(2)28/h4-9,12,27H,10-11H2,1-3H3,(H,24,28). The maximum Gasteiger partial charge on any atom is 0.282 e. The van der Waals surface area contributed by atoms with Crippen LogP contribution in [0.1, 0.15) is 18.1 Å². The molecule has 1 aliphatic rings. The molecule has 156 valence electrons. The molecule has 0 bridgehead atoms. The third kappa shape index (κ3) is 4.08. The van der Waals surface area contributed by atoms with E-state index in [1.54, 1.807) is 61.3 Å². The number of benzene rings is 2. The van der Waals surface area contributed by atoms with Gasteiger partial charge in [-0.3, -0.25) is 14.4 Å². The summed E-state index contributed by atoms with van der Waals surface area (Å²) in [5.74, 6) is -1.17. The average molecular weight is 428 g/mol. The molecule has 0 spiro atoms. The first-order valence-corrected chi connectivity index (χ1v) is 9.71. The molecule has 0 unspecified atom stereocenters. The maximum absolute atomic E-state index is 13.4. The van der Waals surface area contributed by atoms with Crippen molar-refractivity contribution in [1.29, 1.82) is 0 Å². The van der Waals surface area contributed by atoms with E-state index in [-0.39, 0.29) is 30.3 Å². The SMILES string of the molecule is CC(=O)Nc1ccc(C2=C(N(C)CCO)C(=O)N(c3cc(Cl)ccc3C)C2=O)cc1. The van der Waals surface area contributed by atoms with Crippen LogP contribution in [0.2, 0.25) is 5.02 Å². The molecule has 0 saturated carbocycles. The first-order valence-electron chi connectivity index (χ1n) is 9.33. The fourth-order valence-corrected chi connectivity index (χ4v) is 3.53. The largest absolute Gasteiger partial charge is 0.395 e. The second-order valence-electron chi connectivity index (χ2n) is 7.00. The normalized spacial score (nSPS) is 13.8. The molecule has 8 heteroatoms. The third-order valence-electron chi connectivity index (χ3n) is 4.78. The Labute approximate surface area is 179 Å². The van der Waals surface area contributed by atoms with Gasteiger partial charge in [0, 0.05) is 31.2 Å². The number of imide groups is 1. The fraction of sp³-hybridized carbons (Fsp3) is 0.227. The number of anilines is 2. The fourth-order valence-electron chi connectivity index (χ4n) is 3.36. The first-order chi connectivity index (χ1) is 14.2. The Bertz CT molecular complexity index is 1050. The van der Waals surface area contributed by atoms with Gasteiger partial charge in [-0.1, -0.05) is 29.8 Å². The number of aryl methyl sites for hydroxylation is 1. The summed E-state index contributed by atoms with van der Waals surface area (Å²) in [6.45, 7) is 3.21. The smallest absolute Gasteiger partial charge is 0.282 e. The minimum atomic E-state index is -0.484. The van der Waals surface area contributed by atoms with Crippen LogP contribution in [0.25, 0.3) is 5.57 Å². The van der Waals surface area contributed by atoms with Crippen molar-refractivity contribution in [1.82, 2.24) is 4.90 Å². The van der Waals surface area contributed by atoms with Gasteiger partial charge in [-0.25, -0.2) is 4.90 Å². The molecule has 0 fully saturated rings. The van der Waals surface area contributed by atoms with Crippen LogP contribution in [0, 0.1) is 6.92 Å². The van der Waals surface area contributed by atoms with Gasteiger partial charge in [0.15, 0.2) is 0 Å². The van der Waals surface area contributed by atoms with Gasteiger partial charge < -0.3 is 15.3 Å². The Morgan fingerprint density at radius 1 is 1.13 bits per heavy atom. The Balaban J connectivity index is 2.10. The van der Waals surface area contributed by atoms with Gasteiger partial charge in [0.25, 0.3) is 11.8 Å². The van der Waals surface area contributed by atoms with Crippen LogP contribution >= 0.6 is 11.6 Å². The molecule has 30 heavy (non-hydrogen) atoms. The molecule has 2 N–H and O–H groups in total. The van der Waals surface area contributed by atoms with Crippen molar-refractivity contribution < 1.29 is 19.5 Å². The second kappa shape index (κ2) is 8.69. The molecule has 7 nitrogen and oxygen atoms in total. The van der Waals surface area contributed by atoms with E-state index in [2.05, 4.69) is 5.32 Å². The zero-order chi connectivity index (χ0) is 22.0. The quantitative estimate of drug-likeness (QED) is 0.692. The second-order valence-corrected chi connectivity index (χ2v) is 7.44. The van der Waals surface area contributed by atoms with Crippen LogP contribution < -0.4 is 10.2 Å². The summed E-state index contributed by atoms with van der Waals surface area (Å²) in [7, 11) is 1.65. The summed E-state index contributed by atoms with van der Waals surface area (Å²) < 4.78 is 0. The van der Waals surface area contributed by atoms with E-state index in [9.17, 15) is 19.5 Å². The van der Waals surface area contributed by atoms with Crippen LogP contribution in [0.3, 0.4) is 0 Å². The monoisotopic (exact) mass is 427 g/mol.